The molecule has 4 heteroatoms. The summed E-state index contributed by atoms with van der Waals surface area (Å²) in [5.74, 6) is -1.01. The number of carbonyl (C=O) groups is 1. The maximum atomic E-state index is 12.7. The molecule has 1 aromatic rings. The summed E-state index contributed by atoms with van der Waals surface area (Å²) >= 11 is 0. The minimum absolute atomic E-state index is 0.00574. The second-order valence-corrected chi connectivity index (χ2v) is 3.94. The van der Waals surface area contributed by atoms with Gasteiger partial charge in [-0.3, -0.25) is 4.79 Å². The average Bonchev–Trinajstić information content (AvgIpc) is 2.15. The summed E-state index contributed by atoms with van der Waals surface area (Å²) in [5, 5.41) is 8.82. The smallest absolute Gasteiger partial charge is 0.312 e. The third-order valence-corrected chi connectivity index (χ3v) is 1.97. The van der Waals surface area contributed by atoms with E-state index in [2.05, 4.69) is 0 Å². The topological polar surface area (TPSA) is 46.5 Å². The van der Waals surface area contributed by atoms with Gasteiger partial charge in [-0.1, -0.05) is 6.07 Å². The van der Waals surface area contributed by atoms with Gasteiger partial charge in [0.05, 0.1) is 5.41 Å². The minimum atomic E-state index is -0.980. The third-order valence-electron chi connectivity index (χ3n) is 1.97. The van der Waals surface area contributed by atoms with Crippen molar-refractivity contribution >= 4 is 5.97 Å². The largest absolute Gasteiger partial charge is 0.492 e. The lowest BCUT2D eigenvalue weighted by Gasteiger charge is -2.19. The van der Waals surface area contributed by atoms with Gasteiger partial charge in [0, 0.05) is 6.07 Å². The number of hydrogen-bond acceptors (Lipinski definition) is 2. The van der Waals surface area contributed by atoms with Crippen LogP contribution in [-0.2, 0) is 4.79 Å². The highest BCUT2D eigenvalue weighted by atomic mass is 19.1. The summed E-state index contributed by atoms with van der Waals surface area (Å²) in [6.45, 7) is 3.11. The van der Waals surface area contributed by atoms with E-state index in [1.54, 1.807) is 19.9 Å². The number of benzene rings is 1. The predicted octanol–water partition coefficient (Wildman–Crippen LogP) is 2.32. The van der Waals surface area contributed by atoms with E-state index in [0.717, 1.165) is 0 Å². The number of rotatable bonds is 4. The van der Waals surface area contributed by atoms with E-state index in [1.807, 2.05) is 0 Å². The standard InChI is InChI=1S/C11H13FO3/c1-11(2,10(13)14)7-15-9-5-3-4-8(12)6-9/h3-6H,7H2,1-2H3,(H,13,14). The van der Waals surface area contributed by atoms with Gasteiger partial charge in [-0.2, -0.15) is 0 Å². The Morgan fingerprint density at radius 1 is 1.53 bits per heavy atom. The van der Waals surface area contributed by atoms with Gasteiger partial charge in [0.15, 0.2) is 0 Å². The summed E-state index contributed by atoms with van der Waals surface area (Å²) in [6.07, 6.45) is 0. The van der Waals surface area contributed by atoms with Gasteiger partial charge < -0.3 is 9.84 Å². The van der Waals surface area contributed by atoms with E-state index in [9.17, 15) is 9.18 Å². The SMILES string of the molecule is CC(C)(COc1cccc(F)c1)C(=O)O. The van der Waals surface area contributed by atoms with Crippen molar-refractivity contribution in [1.29, 1.82) is 0 Å². The van der Waals surface area contributed by atoms with Gasteiger partial charge in [0.25, 0.3) is 0 Å². The van der Waals surface area contributed by atoms with Crippen LogP contribution in [0.4, 0.5) is 4.39 Å². The molecule has 3 nitrogen and oxygen atoms in total. The second kappa shape index (κ2) is 4.29. The molecule has 0 saturated carbocycles. The quantitative estimate of drug-likeness (QED) is 0.833. The molecule has 1 rings (SSSR count). The van der Waals surface area contributed by atoms with Crippen molar-refractivity contribution in [3.8, 4) is 5.75 Å². The molecule has 82 valence electrons. The molecule has 1 aromatic carbocycles. The second-order valence-electron chi connectivity index (χ2n) is 3.94. The van der Waals surface area contributed by atoms with Gasteiger partial charge >= 0.3 is 5.97 Å². The van der Waals surface area contributed by atoms with Crippen molar-refractivity contribution in [2.24, 2.45) is 5.41 Å². The number of ether oxygens (including phenoxy) is 1. The van der Waals surface area contributed by atoms with Gasteiger partial charge in [0.1, 0.15) is 18.2 Å². The van der Waals surface area contributed by atoms with E-state index in [4.69, 9.17) is 9.84 Å². The summed E-state index contributed by atoms with van der Waals surface area (Å²) in [7, 11) is 0. The monoisotopic (exact) mass is 212 g/mol. The number of halogens is 1. The molecular formula is C11H13FO3. The Hall–Kier alpha value is -1.58. The van der Waals surface area contributed by atoms with E-state index in [1.165, 1.54) is 18.2 Å². The molecule has 0 saturated heterocycles. The highest BCUT2D eigenvalue weighted by Gasteiger charge is 2.28. The molecule has 0 spiro atoms. The van der Waals surface area contributed by atoms with E-state index in [-0.39, 0.29) is 6.61 Å². The number of hydrogen-bond donors (Lipinski definition) is 1. The van der Waals surface area contributed by atoms with Crippen molar-refractivity contribution in [3.63, 3.8) is 0 Å². The van der Waals surface area contributed by atoms with Crippen molar-refractivity contribution < 1.29 is 19.0 Å². The molecule has 0 fully saturated rings. The zero-order valence-corrected chi connectivity index (χ0v) is 8.66. The molecule has 0 aromatic heterocycles. The van der Waals surface area contributed by atoms with Crippen LogP contribution in [-0.4, -0.2) is 17.7 Å². The fourth-order valence-electron chi connectivity index (χ4n) is 0.882. The highest BCUT2D eigenvalue weighted by Crippen LogP contribution is 2.19. The summed E-state index contributed by atoms with van der Waals surface area (Å²) in [4.78, 5) is 10.8. The van der Waals surface area contributed by atoms with Crippen molar-refractivity contribution in [3.05, 3.63) is 30.1 Å². The van der Waals surface area contributed by atoms with Crippen LogP contribution in [0.2, 0.25) is 0 Å². The molecular weight excluding hydrogens is 199 g/mol. The van der Waals surface area contributed by atoms with Crippen molar-refractivity contribution in [2.45, 2.75) is 13.8 Å². The molecule has 15 heavy (non-hydrogen) atoms. The van der Waals surface area contributed by atoms with Crippen molar-refractivity contribution in [1.82, 2.24) is 0 Å². The van der Waals surface area contributed by atoms with Crippen LogP contribution in [0.1, 0.15) is 13.8 Å². The maximum absolute atomic E-state index is 12.7. The van der Waals surface area contributed by atoms with Gasteiger partial charge in [0.2, 0.25) is 0 Å². The zero-order valence-electron chi connectivity index (χ0n) is 8.66. The van der Waals surface area contributed by atoms with Crippen LogP contribution in [0.15, 0.2) is 24.3 Å². The normalized spacial score (nSPS) is 11.1. The summed E-state index contributed by atoms with van der Waals surface area (Å²) < 4.78 is 17.9. The molecule has 0 aliphatic heterocycles. The molecule has 0 amide bonds. The Labute approximate surface area is 87.5 Å². The van der Waals surface area contributed by atoms with Crippen LogP contribution < -0.4 is 4.74 Å². The zero-order chi connectivity index (χ0) is 11.5. The molecule has 0 unspecified atom stereocenters. The lowest BCUT2D eigenvalue weighted by Crippen LogP contribution is -2.30. The first kappa shape index (κ1) is 11.5. The first-order valence-electron chi connectivity index (χ1n) is 4.53. The van der Waals surface area contributed by atoms with Gasteiger partial charge in [-0.05, 0) is 26.0 Å². The first-order chi connectivity index (χ1) is 6.92. The molecule has 0 bridgehead atoms. The van der Waals surface area contributed by atoms with Crippen molar-refractivity contribution in [2.75, 3.05) is 6.61 Å². The fourth-order valence-corrected chi connectivity index (χ4v) is 0.882. The predicted molar refractivity (Wildman–Crippen MR) is 53.3 cm³/mol. The highest BCUT2D eigenvalue weighted by molar-refractivity contribution is 5.73. The Kier molecular flexibility index (Phi) is 3.29. The number of carboxylic acid groups (broad SMARTS) is 1. The maximum Gasteiger partial charge on any atom is 0.312 e. The van der Waals surface area contributed by atoms with Crippen LogP contribution in [0, 0.1) is 11.2 Å². The van der Waals surface area contributed by atoms with E-state index >= 15 is 0 Å². The fraction of sp³-hybridized carbons (Fsp3) is 0.364. The molecule has 0 heterocycles. The van der Waals surface area contributed by atoms with E-state index in [0.29, 0.717) is 5.75 Å². The lowest BCUT2D eigenvalue weighted by atomic mass is 9.95. The number of aliphatic carboxylic acids is 1. The van der Waals surface area contributed by atoms with Gasteiger partial charge in [-0.25, -0.2) is 4.39 Å². The Morgan fingerprint density at radius 2 is 2.20 bits per heavy atom. The molecule has 0 aliphatic carbocycles. The molecule has 1 N–H and O–H groups in total. The summed E-state index contributed by atoms with van der Waals surface area (Å²) in [6, 6.07) is 5.62. The molecule has 0 radical (unpaired) electrons. The Morgan fingerprint density at radius 3 is 2.73 bits per heavy atom. The van der Waals surface area contributed by atoms with Crippen LogP contribution in [0.3, 0.4) is 0 Å². The van der Waals surface area contributed by atoms with E-state index < -0.39 is 17.2 Å². The summed E-state index contributed by atoms with van der Waals surface area (Å²) in [5.41, 5.74) is -0.980. The molecule has 0 atom stereocenters. The lowest BCUT2D eigenvalue weighted by molar-refractivity contribution is -0.148. The minimum Gasteiger partial charge on any atom is -0.492 e. The third kappa shape index (κ3) is 3.23. The Bertz CT molecular complexity index is 361. The first-order valence-corrected chi connectivity index (χ1v) is 4.53. The number of carboxylic acids is 1. The van der Waals surface area contributed by atoms with Gasteiger partial charge in [-0.15, -0.1) is 0 Å². The van der Waals surface area contributed by atoms with Crippen LogP contribution >= 0.6 is 0 Å². The Balaban J connectivity index is 2.61. The molecule has 0 aliphatic rings. The average molecular weight is 212 g/mol. The van der Waals surface area contributed by atoms with Crippen LogP contribution in [0.25, 0.3) is 0 Å². The van der Waals surface area contributed by atoms with Crippen LogP contribution in [0.5, 0.6) is 5.75 Å².